The van der Waals surface area contributed by atoms with Gasteiger partial charge in [-0.15, -0.1) is 0 Å². The Morgan fingerprint density at radius 3 is 2.50 bits per heavy atom. The third-order valence-electron chi connectivity index (χ3n) is 3.01. The minimum Gasteiger partial charge on any atom is -0.452 e. The maximum atomic E-state index is 11.9. The topological polar surface area (TPSA) is 121 Å². The molecule has 2 aromatic rings. The molecule has 0 aliphatic rings. The predicted molar refractivity (Wildman–Crippen MR) is 93.5 cm³/mol. The lowest BCUT2D eigenvalue weighted by Gasteiger charge is -2.08. The number of nitriles is 1. The summed E-state index contributed by atoms with van der Waals surface area (Å²) >= 11 is 5.82. The van der Waals surface area contributed by atoms with Crippen molar-refractivity contribution in [1.82, 2.24) is 4.98 Å². The number of hydrogen-bond donors (Lipinski definition) is 2. The quantitative estimate of drug-likeness (QED) is 0.593. The number of aromatic nitrogens is 1. The van der Waals surface area contributed by atoms with E-state index in [-0.39, 0.29) is 17.1 Å². The lowest BCUT2D eigenvalue weighted by molar-refractivity contribution is -0.119. The first-order chi connectivity index (χ1) is 12.5. The van der Waals surface area contributed by atoms with E-state index >= 15 is 0 Å². The van der Waals surface area contributed by atoms with E-state index in [0.29, 0.717) is 11.4 Å². The van der Waals surface area contributed by atoms with E-state index in [1.165, 1.54) is 30.5 Å². The van der Waals surface area contributed by atoms with E-state index in [2.05, 4.69) is 15.6 Å². The van der Waals surface area contributed by atoms with Crippen LogP contribution >= 0.6 is 11.6 Å². The number of esters is 1. The van der Waals surface area contributed by atoms with Gasteiger partial charge in [-0.2, -0.15) is 5.26 Å². The van der Waals surface area contributed by atoms with Gasteiger partial charge in [-0.05, 0) is 36.4 Å². The van der Waals surface area contributed by atoms with Crippen LogP contribution in [0.4, 0.5) is 11.4 Å². The van der Waals surface area contributed by atoms with Gasteiger partial charge in [-0.25, -0.2) is 9.78 Å². The van der Waals surface area contributed by atoms with Crippen LogP contribution in [0.1, 0.15) is 16.8 Å². The zero-order chi connectivity index (χ0) is 18.9. The number of pyridine rings is 1. The first kappa shape index (κ1) is 18.9. The molecule has 9 heteroatoms. The monoisotopic (exact) mass is 372 g/mol. The summed E-state index contributed by atoms with van der Waals surface area (Å²) in [5.74, 6) is -1.71. The van der Waals surface area contributed by atoms with Crippen LogP contribution in [-0.4, -0.2) is 29.4 Å². The van der Waals surface area contributed by atoms with E-state index in [0.717, 1.165) is 0 Å². The molecule has 2 amide bonds. The van der Waals surface area contributed by atoms with Gasteiger partial charge < -0.3 is 15.4 Å². The van der Waals surface area contributed by atoms with Crippen LogP contribution in [0.15, 0.2) is 42.6 Å². The van der Waals surface area contributed by atoms with Gasteiger partial charge in [0.2, 0.25) is 5.91 Å². The van der Waals surface area contributed by atoms with Gasteiger partial charge >= 0.3 is 5.97 Å². The molecule has 2 N–H and O–H groups in total. The number of hydrogen-bond acceptors (Lipinski definition) is 6. The van der Waals surface area contributed by atoms with E-state index in [1.807, 2.05) is 0 Å². The summed E-state index contributed by atoms with van der Waals surface area (Å²) in [6.07, 6.45) is 1.21. The molecule has 132 valence electrons. The highest BCUT2D eigenvalue weighted by molar-refractivity contribution is 6.32. The lowest BCUT2D eigenvalue weighted by atomic mass is 10.2. The van der Waals surface area contributed by atoms with Gasteiger partial charge in [0.15, 0.2) is 11.8 Å². The average Bonchev–Trinajstić information content (AvgIpc) is 2.62. The number of benzene rings is 1. The fourth-order valence-electron chi connectivity index (χ4n) is 1.85. The third kappa shape index (κ3) is 5.58. The molecule has 0 spiro atoms. The van der Waals surface area contributed by atoms with Crippen LogP contribution in [0.2, 0.25) is 5.15 Å². The van der Waals surface area contributed by atoms with Crippen LogP contribution in [-0.2, 0) is 14.3 Å². The highest BCUT2D eigenvalue weighted by Crippen LogP contribution is 2.17. The zero-order valence-electron chi connectivity index (χ0n) is 13.4. The van der Waals surface area contributed by atoms with Crippen molar-refractivity contribution in [3.05, 3.63) is 53.3 Å². The van der Waals surface area contributed by atoms with Gasteiger partial charge in [0.25, 0.3) is 5.91 Å². The first-order valence-corrected chi connectivity index (χ1v) is 7.71. The van der Waals surface area contributed by atoms with Crippen molar-refractivity contribution in [2.24, 2.45) is 0 Å². The molecule has 2 rings (SSSR count). The summed E-state index contributed by atoms with van der Waals surface area (Å²) in [6.45, 7) is -0.495. The average molecular weight is 373 g/mol. The largest absolute Gasteiger partial charge is 0.452 e. The molecule has 0 atom stereocenters. The van der Waals surface area contributed by atoms with Crippen molar-refractivity contribution in [1.29, 1.82) is 5.26 Å². The summed E-state index contributed by atoms with van der Waals surface area (Å²) in [5, 5.41) is 13.5. The number of nitrogens with zero attached hydrogens (tertiary/aromatic N) is 2. The third-order valence-corrected chi connectivity index (χ3v) is 3.31. The fourth-order valence-corrected chi connectivity index (χ4v) is 2.01. The normalized spacial score (nSPS) is 9.69. The number of carbonyl (C=O) groups excluding carboxylic acids is 3. The minimum absolute atomic E-state index is 0.126. The summed E-state index contributed by atoms with van der Waals surface area (Å²) in [6, 6.07) is 10.7. The molecule has 26 heavy (non-hydrogen) atoms. The van der Waals surface area contributed by atoms with Gasteiger partial charge in [0.1, 0.15) is 6.42 Å². The summed E-state index contributed by atoms with van der Waals surface area (Å²) < 4.78 is 4.92. The Morgan fingerprint density at radius 1 is 1.12 bits per heavy atom. The Hall–Kier alpha value is -3.44. The van der Waals surface area contributed by atoms with Crippen molar-refractivity contribution in [3.8, 4) is 6.07 Å². The minimum atomic E-state index is -0.702. The van der Waals surface area contributed by atoms with E-state index < -0.39 is 24.4 Å². The highest BCUT2D eigenvalue weighted by atomic mass is 35.5. The van der Waals surface area contributed by atoms with Gasteiger partial charge in [0, 0.05) is 11.9 Å². The van der Waals surface area contributed by atoms with Crippen molar-refractivity contribution in [3.63, 3.8) is 0 Å². The Labute approximate surface area is 153 Å². The second kappa shape index (κ2) is 9.15. The molecular formula is C17H13ClN4O4. The molecule has 8 nitrogen and oxygen atoms in total. The molecule has 0 saturated carbocycles. The fraction of sp³-hybridized carbons (Fsp3) is 0.118. The molecule has 0 fully saturated rings. The van der Waals surface area contributed by atoms with Crippen molar-refractivity contribution in [2.45, 2.75) is 6.42 Å². The number of carbonyl (C=O) groups is 3. The molecule has 0 aliphatic carbocycles. The summed E-state index contributed by atoms with van der Waals surface area (Å²) in [7, 11) is 0. The number of amides is 2. The van der Waals surface area contributed by atoms with Crippen LogP contribution in [0, 0.1) is 11.3 Å². The van der Waals surface area contributed by atoms with Crippen LogP contribution in [0.3, 0.4) is 0 Å². The van der Waals surface area contributed by atoms with Crippen LogP contribution in [0.25, 0.3) is 0 Å². The highest BCUT2D eigenvalue weighted by Gasteiger charge is 2.12. The lowest BCUT2D eigenvalue weighted by Crippen LogP contribution is -2.21. The first-order valence-electron chi connectivity index (χ1n) is 7.34. The van der Waals surface area contributed by atoms with E-state index in [4.69, 9.17) is 21.6 Å². The standard InChI is InChI=1S/C17H13ClN4O4/c18-16-13(2-1-9-20-16)22-15(24)10-26-17(25)11-3-5-12(6-4-11)21-14(23)7-8-19/h1-6,9H,7,10H2,(H,21,23)(H,22,24). The number of halogens is 1. The molecule has 0 aliphatic heterocycles. The second-order valence-corrected chi connectivity index (χ2v) is 5.28. The summed E-state index contributed by atoms with van der Waals surface area (Å²) in [5.41, 5.74) is 0.953. The Balaban J connectivity index is 1.86. The van der Waals surface area contributed by atoms with Crippen molar-refractivity contribution >= 4 is 40.8 Å². The molecule has 0 saturated heterocycles. The zero-order valence-corrected chi connectivity index (χ0v) is 14.1. The molecule has 1 heterocycles. The second-order valence-electron chi connectivity index (χ2n) is 4.93. The summed E-state index contributed by atoms with van der Waals surface area (Å²) in [4.78, 5) is 38.8. The van der Waals surface area contributed by atoms with Gasteiger partial charge in [-0.3, -0.25) is 9.59 Å². The molecule has 1 aromatic carbocycles. The number of nitrogens with one attached hydrogen (secondary N) is 2. The number of ether oxygens (including phenoxy) is 1. The Morgan fingerprint density at radius 2 is 1.85 bits per heavy atom. The SMILES string of the molecule is N#CCC(=O)Nc1ccc(C(=O)OCC(=O)Nc2cccnc2Cl)cc1. The van der Waals surface area contributed by atoms with Crippen molar-refractivity contribution in [2.75, 3.05) is 17.2 Å². The Bertz CT molecular complexity index is 862. The van der Waals surface area contributed by atoms with E-state index in [1.54, 1.807) is 18.2 Å². The molecular weight excluding hydrogens is 360 g/mol. The van der Waals surface area contributed by atoms with Crippen LogP contribution in [0.5, 0.6) is 0 Å². The van der Waals surface area contributed by atoms with E-state index in [9.17, 15) is 14.4 Å². The van der Waals surface area contributed by atoms with Crippen molar-refractivity contribution < 1.29 is 19.1 Å². The molecule has 0 unspecified atom stereocenters. The molecule has 0 radical (unpaired) electrons. The molecule has 1 aromatic heterocycles. The maximum Gasteiger partial charge on any atom is 0.338 e. The number of anilines is 2. The smallest absolute Gasteiger partial charge is 0.338 e. The maximum absolute atomic E-state index is 11.9. The van der Waals surface area contributed by atoms with Crippen LogP contribution < -0.4 is 10.6 Å². The Kier molecular flexibility index (Phi) is 6.65. The van der Waals surface area contributed by atoms with Gasteiger partial charge in [0.05, 0.1) is 17.3 Å². The van der Waals surface area contributed by atoms with Gasteiger partial charge in [-0.1, -0.05) is 11.6 Å². The predicted octanol–water partition coefficient (Wildman–Crippen LogP) is 2.38. The molecule has 0 bridgehead atoms. The number of rotatable bonds is 6.